The van der Waals surface area contributed by atoms with Crippen LogP contribution in [0, 0.1) is 21.4 Å². The lowest BCUT2D eigenvalue weighted by atomic mass is 10.0. The van der Waals surface area contributed by atoms with E-state index in [9.17, 15) is 15.4 Å². The van der Waals surface area contributed by atoms with E-state index in [1.165, 1.54) is 30.6 Å². The highest BCUT2D eigenvalue weighted by atomic mass is 35.5. The average molecular weight is 301 g/mol. The number of allylic oxidation sites excluding steroid dienone is 1. The number of pyridine rings is 1. The van der Waals surface area contributed by atoms with Gasteiger partial charge in [0.15, 0.2) is 0 Å². The first-order chi connectivity index (χ1) is 10.0. The molecule has 2 aromatic rings. The predicted octanol–water partition coefficient (Wildman–Crippen LogP) is 2.99. The van der Waals surface area contributed by atoms with Gasteiger partial charge < -0.3 is 5.73 Å². The van der Waals surface area contributed by atoms with E-state index in [1.807, 2.05) is 6.07 Å². The van der Waals surface area contributed by atoms with Crippen molar-refractivity contribution in [2.75, 3.05) is 0 Å². The molecular formula is C14H9ClN4O2. The van der Waals surface area contributed by atoms with Crippen LogP contribution in [0.2, 0.25) is 5.02 Å². The second-order valence-electron chi connectivity index (χ2n) is 4.05. The molecule has 1 heterocycles. The minimum atomic E-state index is -0.588. The first kappa shape index (κ1) is 14.5. The summed E-state index contributed by atoms with van der Waals surface area (Å²) in [5, 5.41) is 20.6. The van der Waals surface area contributed by atoms with Crippen molar-refractivity contribution < 1.29 is 4.92 Å². The summed E-state index contributed by atoms with van der Waals surface area (Å²) in [6.45, 7) is 0. The van der Waals surface area contributed by atoms with Crippen LogP contribution < -0.4 is 5.73 Å². The fourth-order valence-corrected chi connectivity index (χ4v) is 1.98. The van der Waals surface area contributed by atoms with E-state index in [-0.39, 0.29) is 27.5 Å². The van der Waals surface area contributed by atoms with Gasteiger partial charge in [-0.1, -0.05) is 11.6 Å². The molecule has 21 heavy (non-hydrogen) atoms. The van der Waals surface area contributed by atoms with Crippen molar-refractivity contribution in [1.29, 1.82) is 5.26 Å². The fraction of sp³-hybridized carbons (Fsp3) is 0. The maximum Gasteiger partial charge on any atom is 0.280 e. The molecule has 0 saturated carbocycles. The Morgan fingerprint density at radius 2 is 2.00 bits per heavy atom. The van der Waals surface area contributed by atoms with Crippen LogP contribution in [0.1, 0.15) is 11.1 Å². The first-order valence-electron chi connectivity index (χ1n) is 5.79. The molecule has 0 aliphatic heterocycles. The lowest BCUT2D eigenvalue weighted by Gasteiger charge is -2.07. The summed E-state index contributed by atoms with van der Waals surface area (Å²) < 4.78 is 0. The Labute approximate surface area is 125 Å². The van der Waals surface area contributed by atoms with Crippen molar-refractivity contribution >= 4 is 28.6 Å². The number of rotatable bonds is 3. The molecule has 2 rings (SSSR count). The predicted molar refractivity (Wildman–Crippen MR) is 79.0 cm³/mol. The molecule has 1 aromatic heterocycles. The van der Waals surface area contributed by atoms with Crippen LogP contribution in [0.15, 0.2) is 42.7 Å². The summed E-state index contributed by atoms with van der Waals surface area (Å²) in [4.78, 5) is 14.4. The quantitative estimate of drug-likeness (QED) is 0.533. The number of nitro groups is 1. The topological polar surface area (TPSA) is 106 Å². The smallest absolute Gasteiger partial charge is 0.280 e. The summed E-state index contributed by atoms with van der Waals surface area (Å²) in [5.74, 6) is 0. The third-order valence-electron chi connectivity index (χ3n) is 2.80. The molecule has 104 valence electrons. The molecule has 0 aliphatic carbocycles. The molecule has 0 saturated heterocycles. The molecule has 0 fully saturated rings. The Bertz CT molecular complexity index is 766. The molecule has 0 atom stereocenters. The van der Waals surface area contributed by atoms with Crippen LogP contribution in [-0.2, 0) is 0 Å². The third-order valence-corrected chi connectivity index (χ3v) is 3.03. The van der Waals surface area contributed by atoms with Gasteiger partial charge in [0.1, 0.15) is 6.07 Å². The summed E-state index contributed by atoms with van der Waals surface area (Å²) >= 11 is 5.76. The SMILES string of the molecule is N#C/C(=C(/N)c1ccc(Cl)cc1[N+](=O)[O-])c1ccncc1. The van der Waals surface area contributed by atoms with Gasteiger partial charge in [0.25, 0.3) is 5.69 Å². The van der Waals surface area contributed by atoms with Crippen LogP contribution in [0.25, 0.3) is 11.3 Å². The highest BCUT2D eigenvalue weighted by Gasteiger charge is 2.19. The van der Waals surface area contributed by atoms with Gasteiger partial charge in [0.05, 0.1) is 21.8 Å². The zero-order chi connectivity index (χ0) is 15.4. The highest BCUT2D eigenvalue weighted by Crippen LogP contribution is 2.30. The van der Waals surface area contributed by atoms with Crippen LogP contribution >= 0.6 is 11.6 Å². The van der Waals surface area contributed by atoms with E-state index >= 15 is 0 Å². The molecule has 0 aliphatic rings. The number of hydrogen-bond donors (Lipinski definition) is 1. The van der Waals surface area contributed by atoms with E-state index in [0.717, 1.165) is 0 Å². The van der Waals surface area contributed by atoms with E-state index < -0.39 is 4.92 Å². The Balaban J connectivity index is 2.68. The van der Waals surface area contributed by atoms with Crippen LogP contribution in [0.3, 0.4) is 0 Å². The van der Waals surface area contributed by atoms with Gasteiger partial charge in [-0.05, 0) is 29.8 Å². The Hall–Kier alpha value is -2.91. The minimum absolute atomic E-state index is 0.0204. The van der Waals surface area contributed by atoms with E-state index in [1.54, 1.807) is 12.1 Å². The molecule has 0 unspecified atom stereocenters. The zero-order valence-corrected chi connectivity index (χ0v) is 11.4. The Kier molecular flexibility index (Phi) is 4.16. The second kappa shape index (κ2) is 6.03. The van der Waals surface area contributed by atoms with Crippen molar-refractivity contribution in [2.45, 2.75) is 0 Å². The minimum Gasteiger partial charge on any atom is -0.397 e. The third kappa shape index (κ3) is 2.99. The second-order valence-corrected chi connectivity index (χ2v) is 4.49. The highest BCUT2D eigenvalue weighted by molar-refractivity contribution is 6.30. The van der Waals surface area contributed by atoms with Gasteiger partial charge in [-0.2, -0.15) is 5.26 Å². The average Bonchev–Trinajstić information content (AvgIpc) is 2.48. The van der Waals surface area contributed by atoms with Crippen molar-refractivity contribution in [3.63, 3.8) is 0 Å². The van der Waals surface area contributed by atoms with Crippen LogP contribution in [0.4, 0.5) is 5.69 Å². The van der Waals surface area contributed by atoms with E-state index in [4.69, 9.17) is 17.3 Å². The Morgan fingerprint density at radius 3 is 2.57 bits per heavy atom. The van der Waals surface area contributed by atoms with E-state index in [0.29, 0.717) is 5.56 Å². The van der Waals surface area contributed by atoms with Crippen molar-refractivity contribution in [2.24, 2.45) is 5.73 Å². The zero-order valence-electron chi connectivity index (χ0n) is 10.7. The normalized spacial score (nSPS) is 11.4. The molecule has 0 amide bonds. The molecular weight excluding hydrogens is 292 g/mol. The van der Waals surface area contributed by atoms with Gasteiger partial charge in [-0.3, -0.25) is 15.1 Å². The number of nitrogens with two attached hydrogens (primary N) is 1. The van der Waals surface area contributed by atoms with Gasteiger partial charge >= 0.3 is 0 Å². The molecule has 0 bridgehead atoms. The molecule has 7 heteroatoms. The standard InChI is InChI=1S/C14H9ClN4O2/c15-10-1-2-11(13(7-10)19(20)21)14(17)12(8-16)9-3-5-18-6-4-9/h1-7H,17H2/b14-12-. The lowest BCUT2D eigenvalue weighted by Crippen LogP contribution is -2.04. The molecule has 1 aromatic carbocycles. The fourth-order valence-electron chi connectivity index (χ4n) is 1.82. The monoisotopic (exact) mass is 300 g/mol. The summed E-state index contributed by atoms with van der Waals surface area (Å²) in [6, 6.07) is 9.29. The number of halogens is 1. The number of hydrogen-bond acceptors (Lipinski definition) is 5. The van der Waals surface area contributed by atoms with Crippen molar-refractivity contribution in [1.82, 2.24) is 4.98 Å². The lowest BCUT2D eigenvalue weighted by molar-refractivity contribution is -0.385. The van der Waals surface area contributed by atoms with E-state index in [2.05, 4.69) is 4.98 Å². The van der Waals surface area contributed by atoms with Gasteiger partial charge in [-0.15, -0.1) is 0 Å². The van der Waals surface area contributed by atoms with Gasteiger partial charge in [0.2, 0.25) is 0 Å². The largest absolute Gasteiger partial charge is 0.397 e. The number of aromatic nitrogens is 1. The summed E-state index contributed by atoms with van der Waals surface area (Å²) in [6.07, 6.45) is 3.02. The number of nitro benzene ring substituents is 1. The summed E-state index contributed by atoms with van der Waals surface area (Å²) in [5.41, 5.74) is 6.56. The maximum atomic E-state index is 11.1. The summed E-state index contributed by atoms with van der Waals surface area (Å²) in [7, 11) is 0. The van der Waals surface area contributed by atoms with Crippen LogP contribution in [0.5, 0.6) is 0 Å². The first-order valence-corrected chi connectivity index (χ1v) is 6.17. The number of nitrogens with zero attached hydrogens (tertiary/aromatic N) is 3. The molecule has 0 spiro atoms. The van der Waals surface area contributed by atoms with Gasteiger partial charge in [-0.25, -0.2) is 0 Å². The van der Waals surface area contributed by atoms with Gasteiger partial charge in [0, 0.05) is 23.5 Å². The molecule has 0 radical (unpaired) electrons. The number of nitriles is 1. The molecule has 2 N–H and O–H groups in total. The maximum absolute atomic E-state index is 11.1. The van der Waals surface area contributed by atoms with Crippen LogP contribution in [-0.4, -0.2) is 9.91 Å². The number of benzene rings is 1. The van der Waals surface area contributed by atoms with Crippen molar-refractivity contribution in [3.8, 4) is 6.07 Å². The molecule has 6 nitrogen and oxygen atoms in total. The Morgan fingerprint density at radius 1 is 1.33 bits per heavy atom. The van der Waals surface area contributed by atoms with Crippen molar-refractivity contribution in [3.05, 3.63) is 69.0 Å².